The van der Waals surface area contributed by atoms with Crippen molar-refractivity contribution >= 4 is 40.1 Å². The number of amides is 3. The van der Waals surface area contributed by atoms with E-state index in [1.54, 1.807) is 24.5 Å². The SMILES string of the molecule is CC1(Oc2cc3c(-c4cc(N5CCC(CN6CCN(CC7(F)CCN(c8ccc9c(c8F)CN(C8CCC(=O)NC8=O)C9=O)CC7)CC6)CC5)ncn4)n[nH]c3cc2F)CC1. The molecule has 5 aliphatic heterocycles. The van der Waals surface area contributed by atoms with Gasteiger partial charge in [0.1, 0.15) is 35.2 Å². The molecule has 3 amide bonds. The first kappa shape index (κ1) is 39.8. The molecule has 1 unspecified atom stereocenters. The number of fused-ring (bicyclic) bond motifs is 2. The van der Waals surface area contributed by atoms with Gasteiger partial charge in [-0.05, 0) is 63.1 Å². The first-order chi connectivity index (χ1) is 29.4. The Morgan fingerprint density at radius 2 is 1.62 bits per heavy atom. The van der Waals surface area contributed by atoms with Crippen LogP contribution in [0.25, 0.3) is 22.3 Å². The van der Waals surface area contributed by atoms with Crippen LogP contribution in [0.2, 0.25) is 0 Å². The Morgan fingerprint density at radius 1 is 0.869 bits per heavy atom. The van der Waals surface area contributed by atoms with Crippen LogP contribution >= 0.6 is 0 Å². The number of nitrogens with zero attached hydrogens (tertiary/aromatic N) is 8. The fraction of sp³-hybridized carbons (Fsp3) is 0.545. The lowest BCUT2D eigenvalue weighted by atomic mass is 9.91. The smallest absolute Gasteiger partial charge is 0.255 e. The molecule has 4 saturated heterocycles. The topological polar surface area (TPSA) is 143 Å². The number of piperidine rings is 3. The molecule has 4 aromatic rings. The quantitative estimate of drug-likeness (QED) is 0.212. The second kappa shape index (κ2) is 15.6. The summed E-state index contributed by atoms with van der Waals surface area (Å²) in [4.78, 5) is 56.6. The molecule has 5 fully saturated rings. The third-order valence-electron chi connectivity index (χ3n) is 13.9. The summed E-state index contributed by atoms with van der Waals surface area (Å²) >= 11 is 0. The van der Waals surface area contributed by atoms with Gasteiger partial charge in [-0.25, -0.2) is 23.1 Å². The third kappa shape index (κ3) is 7.90. The van der Waals surface area contributed by atoms with Gasteiger partial charge >= 0.3 is 0 Å². The van der Waals surface area contributed by atoms with E-state index in [1.807, 2.05) is 17.9 Å². The average molecular weight is 841 g/mol. The highest BCUT2D eigenvalue weighted by Crippen LogP contribution is 2.42. The van der Waals surface area contributed by atoms with Crippen LogP contribution < -0.4 is 19.9 Å². The summed E-state index contributed by atoms with van der Waals surface area (Å²) < 4.78 is 53.0. The normalized spacial score (nSPS) is 23.4. The summed E-state index contributed by atoms with van der Waals surface area (Å²) in [5.41, 5.74) is 1.04. The molecule has 61 heavy (non-hydrogen) atoms. The van der Waals surface area contributed by atoms with Crippen LogP contribution in [0.3, 0.4) is 0 Å². The van der Waals surface area contributed by atoms with E-state index in [4.69, 9.17) is 4.74 Å². The fourth-order valence-corrected chi connectivity index (χ4v) is 9.87. The van der Waals surface area contributed by atoms with Crippen LogP contribution in [0, 0.1) is 17.6 Å². The number of hydrogen-bond donors (Lipinski definition) is 2. The number of carbonyl (C=O) groups excluding carboxylic acids is 3. The van der Waals surface area contributed by atoms with Gasteiger partial charge in [-0.1, -0.05) is 0 Å². The van der Waals surface area contributed by atoms with Crippen LogP contribution in [0.5, 0.6) is 5.75 Å². The number of anilines is 2. The van der Waals surface area contributed by atoms with E-state index in [0.717, 1.165) is 82.7 Å². The number of benzene rings is 2. The highest BCUT2D eigenvalue weighted by molar-refractivity contribution is 6.05. The van der Waals surface area contributed by atoms with E-state index < -0.39 is 35.2 Å². The molecule has 14 nitrogen and oxygen atoms in total. The Labute approximate surface area is 351 Å². The summed E-state index contributed by atoms with van der Waals surface area (Å²) in [7, 11) is 0. The molecule has 0 bridgehead atoms. The number of rotatable bonds is 10. The first-order valence-corrected chi connectivity index (χ1v) is 21.7. The molecule has 0 radical (unpaired) electrons. The molecule has 2 aromatic heterocycles. The summed E-state index contributed by atoms with van der Waals surface area (Å²) in [5.74, 6) is -0.615. The van der Waals surface area contributed by atoms with Crippen molar-refractivity contribution in [2.24, 2.45) is 5.92 Å². The van der Waals surface area contributed by atoms with E-state index in [0.29, 0.717) is 48.1 Å². The molecule has 7 heterocycles. The molecule has 2 N–H and O–H groups in total. The summed E-state index contributed by atoms with van der Waals surface area (Å²) in [6.45, 7) is 9.18. The van der Waals surface area contributed by atoms with Crippen molar-refractivity contribution in [1.29, 1.82) is 0 Å². The summed E-state index contributed by atoms with van der Waals surface area (Å²) in [6, 6.07) is 7.48. The number of ether oxygens (including phenoxy) is 1. The first-order valence-electron chi connectivity index (χ1n) is 21.7. The van der Waals surface area contributed by atoms with Crippen molar-refractivity contribution in [3.8, 4) is 17.1 Å². The molecule has 1 atom stereocenters. The van der Waals surface area contributed by atoms with Crippen molar-refractivity contribution in [3.63, 3.8) is 0 Å². The van der Waals surface area contributed by atoms with Gasteiger partial charge in [0.25, 0.3) is 5.91 Å². The molecule has 17 heteroatoms. The third-order valence-corrected chi connectivity index (χ3v) is 13.9. The lowest BCUT2D eigenvalue weighted by Gasteiger charge is -2.43. The lowest BCUT2D eigenvalue weighted by molar-refractivity contribution is -0.136. The number of carbonyl (C=O) groups is 3. The zero-order valence-corrected chi connectivity index (χ0v) is 34.4. The van der Waals surface area contributed by atoms with Gasteiger partial charge in [0, 0.05) is 113 Å². The Hall–Kier alpha value is -5.29. The summed E-state index contributed by atoms with van der Waals surface area (Å²) in [6.07, 6.45) is 6.35. The van der Waals surface area contributed by atoms with Gasteiger partial charge in [-0.3, -0.25) is 29.7 Å². The van der Waals surface area contributed by atoms with Crippen LogP contribution in [0.1, 0.15) is 74.2 Å². The second-order valence-electron chi connectivity index (χ2n) is 18.2. The zero-order valence-electron chi connectivity index (χ0n) is 34.4. The standard InChI is InChI=1S/C44H51F3N10O4/c1-43(8-9-43)61-36-20-29-32(21-31(36)45)51-52-40(29)33-22-37(49-26-48-33)56-12-6-27(7-13-56)23-53-16-18-54(19-17-53)25-44(47)10-14-55(15-11-44)34-3-2-28-30(39(34)46)24-57(42(28)60)35-4-5-38(58)50-41(35)59/h2-3,20-22,26-27,35H,4-19,23-25H2,1H3,(H,51,52)(H,50,58,59). The van der Waals surface area contributed by atoms with Crippen molar-refractivity contribution in [2.45, 2.75) is 82.1 Å². The fourth-order valence-electron chi connectivity index (χ4n) is 9.87. The van der Waals surface area contributed by atoms with Gasteiger partial charge in [0.2, 0.25) is 11.8 Å². The van der Waals surface area contributed by atoms with Crippen LogP contribution in [0.4, 0.5) is 24.7 Å². The minimum Gasteiger partial charge on any atom is -0.484 e. The number of H-pyrrole nitrogens is 1. The largest absolute Gasteiger partial charge is 0.484 e. The van der Waals surface area contributed by atoms with Crippen molar-refractivity contribution in [3.05, 3.63) is 59.4 Å². The van der Waals surface area contributed by atoms with Gasteiger partial charge in [0.05, 0.1) is 23.4 Å². The molecule has 322 valence electrons. The Kier molecular flexibility index (Phi) is 10.2. The molecular weight excluding hydrogens is 790 g/mol. The Bertz CT molecular complexity index is 2370. The van der Waals surface area contributed by atoms with Crippen molar-refractivity contribution in [1.82, 2.24) is 40.2 Å². The van der Waals surface area contributed by atoms with Gasteiger partial charge < -0.3 is 24.3 Å². The molecular formula is C44H51F3N10O4. The maximum atomic E-state index is 16.3. The van der Waals surface area contributed by atoms with Crippen LogP contribution in [-0.2, 0) is 16.1 Å². The monoisotopic (exact) mass is 840 g/mol. The molecule has 10 rings (SSSR count). The van der Waals surface area contributed by atoms with Crippen LogP contribution in [0.15, 0.2) is 36.7 Å². The highest BCUT2D eigenvalue weighted by Gasteiger charge is 2.43. The minimum atomic E-state index is -1.37. The van der Waals surface area contributed by atoms with Gasteiger partial charge in [-0.15, -0.1) is 0 Å². The molecule has 1 aliphatic carbocycles. The van der Waals surface area contributed by atoms with Crippen LogP contribution in [-0.4, -0.2) is 135 Å². The zero-order chi connectivity index (χ0) is 42.0. The van der Waals surface area contributed by atoms with E-state index in [9.17, 15) is 18.8 Å². The highest BCUT2D eigenvalue weighted by atomic mass is 19.1. The van der Waals surface area contributed by atoms with E-state index in [-0.39, 0.29) is 60.6 Å². The predicted octanol–water partition coefficient (Wildman–Crippen LogP) is 4.83. The van der Waals surface area contributed by atoms with E-state index in [1.165, 1.54) is 11.0 Å². The predicted molar refractivity (Wildman–Crippen MR) is 221 cm³/mol. The Morgan fingerprint density at radius 3 is 2.36 bits per heavy atom. The molecule has 2 aromatic carbocycles. The van der Waals surface area contributed by atoms with Gasteiger partial charge in [-0.2, -0.15) is 5.10 Å². The number of halogens is 3. The second-order valence-corrected chi connectivity index (χ2v) is 18.2. The number of imide groups is 1. The average Bonchev–Trinajstić information content (AvgIpc) is 3.69. The molecule has 6 aliphatic rings. The van der Waals surface area contributed by atoms with Crippen molar-refractivity contribution < 1.29 is 32.3 Å². The van der Waals surface area contributed by atoms with E-state index in [2.05, 4.69) is 40.2 Å². The maximum Gasteiger partial charge on any atom is 0.255 e. The molecule has 1 saturated carbocycles. The minimum absolute atomic E-state index is 0.0377. The number of aromatic nitrogens is 4. The van der Waals surface area contributed by atoms with E-state index >= 15 is 8.78 Å². The van der Waals surface area contributed by atoms with Crippen molar-refractivity contribution in [2.75, 3.05) is 75.2 Å². The number of aromatic amines is 1. The summed E-state index contributed by atoms with van der Waals surface area (Å²) in [5, 5.41) is 10.5. The Balaban J connectivity index is 0.682. The van der Waals surface area contributed by atoms with Gasteiger partial charge in [0.15, 0.2) is 17.4 Å². The number of hydrogen-bond acceptors (Lipinski definition) is 11. The number of alkyl halides is 1. The lowest BCUT2D eigenvalue weighted by Crippen LogP contribution is -2.54. The molecule has 0 spiro atoms. The maximum absolute atomic E-state index is 16.3. The number of piperazine rings is 1. The number of nitrogens with one attached hydrogen (secondary N) is 2.